The molecule has 542 valence electrons. The van der Waals surface area contributed by atoms with E-state index in [1.165, 1.54) is 42.5 Å². The minimum Gasteiger partial charge on any atom is -0.444 e. The molecule has 5 aromatic carbocycles. The Balaban J connectivity index is 0.000000178. The van der Waals surface area contributed by atoms with Gasteiger partial charge in [0.1, 0.15) is 11.2 Å². The van der Waals surface area contributed by atoms with Crippen LogP contribution in [0.2, 0.25) is 5.02 Å². The van der Waals surface area contributed by atoms with Crippen molar-refractivity contribution in [1.82, 2.24) is 28.8 Å². The van der Waals surface area contributed by atoms with Crippen molar-refractivity contribution in [3.63, 3.8) is 0 Å². The Bertz CT molecular complexity index is 4800. The van der Waals surface area contributed by atoms with Gasteiger partial charge in [0.15, 0.2) is 0 Å². The average Bonchev–Trinajstić information content (AvgIpc) is 0.799. The van der Waals surface area contributed by atoms with Gasteiger partial charge in [-0.15, -0.1) is 12.4 Å². The van der Waals surface area contributed by atoms with E-state index in [0.717, 1.165) is 75.4 Å². The van der Waals surface area contributed by atoms with E-state index >= 15 is 0 Å². The van der Waals surface area contributed by atoms with E-state index in [4.69, 9.17) is 26.8 Å². The first-order chi connectivity index (χ1) is 47.8. The van der Waals surface area contributed by atoms with E-state index in [1.54, 1.807) is 78.4 Å². The highest BCUT2D eigenvalue weighted by Crippen LogP contribution is 2.36. The Hall–Kier alpha value is -10.1. The van der Waals surface area contributed by atoms with Gasteiger partial charge in [0.2, 0.25) is 5.91 Å². The fraction of sp³-hybridized carbons (Fsp3) is 0.384. The van der Waals surface area contributed by atoms with Crippen LogP contribution in [-0.4, -0.2) is 102 Å². The molecule has 12 rings (SSSR count). The number of carbonyl (C=O) groups is 3. The maximum Gasteiger partial charge on any atom is 0.417 e. The van der Waals surface area contributed by atoms with Crippen LogP contribution in [0.3, 0.4) is 0 Å². The summed E-state index contributed by atoms with van der Waals surface area (Å²) in [5, 5.41) is 31.1. The summed E-state index contributed by atoms with van der Waals surface area (Å²) in [6.07, 6.45) is 6.21. The minimum atomic E-state index is -4.60. The SMILES string of the molecule is CC(C)(C)OC(=O)N1CCC(Cn2ccc3c(N)cccc3c2=O)CC1.CC(C)(C)OC(=O)N1CCC(Cn2ccc3c([N+](=O)[O-])cccc3c2=O)CC1.Cl.O=C(Cc1ccc(Cl)c(C(F)(F)F)c1)Nc1cccc2c(=O)n(CC3CCNCC3)ccc12.O=c1occc2c([N+](=O)[O-])cccc12. The number of fused-ring (bicyclic) bond motifs is 4. The Kier molecular flexibility index (Phi) is 25.5. The number of alkyl halides is 3. The number of aromatic nitrogens is 3. The molecule has 0 aliphatic carbocycles. The van der Waals surface area contributed by atoms with E-state index in [9.17, 15) is 67.0 Å². The number of nitrogens with one attached hydrogen (secondary N) is 2. The molecular weight excluding hydrogens is 1370 g/mol. The van der Waals surface area contributed by atoms with Crippen LogP contribution in [0.1, 0.15) is 91.2 Å². The number of hydrogen-bond donors (Lipinski definition) is 3. The molecule has 4 aromatic heterocycles. The molecule has 3 aliphatic heterocycles. The quantitative estimate of drug-likeness (QED) is 0.0615. The van der Waals surface area contributed by atoms with Crippen molar-refractivity contribution in [1.29, 1.82) is 0 Å². The monoisotopic (exact) mass is 1450 g/mol. The Morgan fingerprint density at radius 2 is 1.00 bits per heavy atom. The number of ether oxygens (including phenoxy) is 2. The van der Waals surface area contributed by atoms with Crippen molar-refractivity contribution < 1.29 is 51.3 Å². The highest BCUT2D eigenvalue weighted by Gasteiger charge is 2.34. The number of nitrogens with zero attached hydrogens (tertiary/aromatic N) is 7. The van der Waals surface area contributed by atoms with E-state index in [0.29, 0.717) is 101 Å². The molecule has 7 heterocycles. The highest BCUT2D eigenvalue weighted by atomic mass is 35.5. The number of carbonyl (C=O) groups excluding carboxylic acids is 3. The number of amides is 3. The maximum absolute atomic E-state index is 13.1. The lowest BCUT2D eigenvalue weighted by molar-refractivity contribution is -0.383. The number of rotatable bonds is 11. The van der Waals surface area contributed by atoms with E-state index < -0.39 is 49.3 Å². The lowest BCUT2D eigenvalue weighted by Gasteiger charge is -2.33. The predicted molar refractivity (Wildman–Crippen MR) is 388 cm³/mol. The summed E-state index contributed by atoms with van der Waals surface area (Å²) in [7, 11) is 0. The second-order valence-corrected chi connectivity index (χ2v) is 27.6. The molecule has 0 bridgehead atoms. The maximum atomic E-state index is 13.1. The molecule has 3 aliphatic rings. The number of anilines is 2. The van der Waals surface area contributed by atoms with Gasteiger partial charge in [-0.1, -0.05) is 41.9 Å². The average molecular weight is 1450 g/mol. The van der Waals surface area contributed by atoms with Crippen molar-refractivity contribution in [2.24, 2.45) is 17.8 Å². The summed E-state index contributed by atoms with van der Waals surface area (Å²) in [5.74, 6) is 0.569. The Morgan fingerprint density at radius 1 is 0.578 bits per heavy atom. The number of benzene rings is 5. The van der Waals surface area contributed by atoms with Crippen LogP contribution < -0.4 is 38.7 Å². The van der Waals surface area contributed by atoms with Gasteiger partial charge < -0.3 is 53.8 Å². The van der Waals surface area contributed by atoms with E-state index in [1.807, 2.05) is 65.9 Å². The largest absolute Gasteiger partial charge is 0.444 e. The lowest BCUT2D eigenvalue weighted by Crippen LogP contribution is -2.42. The molecule has 0 saturated carbocycles. The molecule has 0 atom stereocenters. The molecule has 0 radical (unpaired) electrons. The van der Waals surface area contributed by atoms with Gasteiger partial charge in [0, 0.05) is 109 Å². The van der Waals surface area contributed by atoms with Crippen LogP contribution >= 0.6 is 24.0 Å². The van der Waals surface area contributed by atoms with E-state index in [2.05, 4.69) is 15.1 Å². The van der Waals surface area contributed by atoms with Crippen LogP contribution in [0.25, 0.3) is 43.1 Å². The van der Waals surface area contributed by atoms with Crippen molar-refractivity contribution in [3.05, 3.63) is 218 Å². The molecule has 0 spiro atoms. The fourth-order valence-corrected chi connectivity index (χ4v) is 12.6. The van der Waals surface area contributed by atoms with Crippen molar-refractivity contribution in [3.8, 4) is 0 Å². The molecular formula is C73H81Cl2F3N10O14. The zero-order valence-electron chi connectivity index (χ0n) is 57.2. The number of nitrogen functional groups attached to an aromatic ring is 1. The number of nitrogens with two attached hydrogens (primary N) is 1. The first-order valence-electron chi connectivity index (χ1n) is 33.1. The molecule has 9 aromatic rings. The van der Waals surface area contributed by atoms with Gasteiger partial charge in [-0.05, 0) is 189 Å². The molecule has 102 heavy (non-hydrogen) atoms. The van der Waals surface area contributed by atoms with Crippen LogP contribution in [0, 0.1) is 38.0 Å². The second-order valence-electron chi connectivity index (χ2n) is 27.1. The zero-order valence-corrected chi connectivity index (χ0v) is 58.7. The van der Waals surface area contributed by atoms with Crippen LogP contribution in [0.4, 0.5) is 45.5 Å². The summed E-state index contributed by atoms with van der Waals surface area (Å²) >= 11 is 5.65. The highest BCUT2D eigenvalue weighted by molar-refractivity contribution is 6.31. The molecule has 3 amide bonds. The number of halogens is 5. The van der Waals surface area contributed by atoms with Gasteiger partial charge in [0.05, 0.1) is 54.7 Å². The predicted octanol–water partition coefficient (Wildman–Crippen LogP) is 13.8. The third kappa shape index (κ3) is 20.1. The number of likely N-dealkylation sites (tertiary alicyclic amines) is 2. The number of nitro benzene ring substituents is 2. The number of hydrogen-bond acceptors (Lipinski definition) is 16. The summed E-state index contributed by atoms with van der Waals surface area (Å²) in [5.41, 5.74) is 4.14. The van der Waals surface area contributed by atoms with Gasteiger partial charge in [-0.25, -0.2) is 14.4 Å². The Morgan fingerprint density at radius 3 is 1.48 bits per heavy atom. The summed E-state index contributed by atoms with van der Waals surface area (Å²) in [6, 6.07) is 29.5. The van der Waals surface area contributed by atoms with Gasteiger partial charge in [-0.3, -0.25) is 39.4 Å². The van der Waals surface area contributed by atoms with Crippen LogP contribution in [-0.2, 0) is 46.5 Å². The van der Waals surface area contributed by atoms with Crippen LogP contribution in [0.5, 0.6) is 0 Å². The lowest BCUT2D eigenvalue weighted by atomic mass is 9.97. The third-order valence-corrected chi connectivity index (χ3v) is 17.8. The van der Waals surface area contributed by atoms with Crippen molar-refractivity contribution in [2.45, 2.75) is 124 Å². The molecule has 4 N–H and O–H groups in total. The van der Waals surface area contributed by atoms with Crippen LogP contribution in [0.15, 0.2) is 164 Å². The first-order valence-corrected chi connectivity index (χ1v) is 33.4. The molecule has 3 fully saturated rings. The van der Waals surface area contributed by atoms with E-state index in [-0.39, 0.29) is 75.9 Å². The minimum absolute atomic E-state index is 0. The smallest absolute Gasteiger partial charge is 0.417 e. The Labute approximate surface area is 594 Å². The van der Waals surface area contributed by atoms with Crippen molar-refractivity contribution >= 4 is 108 Å². The first kappa shape index (κ1) is 77.6. The zero-order chi connectivity index (χ0) is 73.1. The number of nitro groups is 2. The summed E-state index contributed by atoms with van der Waals surface area (Å²) in [6.45, 7) is 17.4. The number of piperidine rings is 3. The standard InChI is InChI=1S/C24H23ClF3N3O2.C20H25N3O5.C20H27N3O3.C9H5NO4.ClH/c25-20-5-4-16(12-19(20)24(26,27)28)13-22(32)30-21-3-1-2-18-17(21)8-11-31(23(18)33)14-15-6-9-29-10-7-15;1-20(2,3)28-19(25)21-10-7-14(8-11-21)13-22-12-9-15-16(18(22)24)5-4-6-17(15)23(26)27;1-20(2,3)26-19(25)22-10-7-14(8-11-22)13-23-12-9-15-16(18(23)24)5-4-6-17(15)21;11-9-7-2-1-3-8(10(12)13)6(7)4-5-14-9;/h1-5,8,11-12,15,29H,6-7,9-10,13-14H2,(H,30,32);4-6,9,12,14H,7-8,10-11,13H2,1-3H3;4-6,9,12,14H,7-8,10-11,13,21H2,1-3H3;1-5H;1H. The summed E-state index contributed by atoms with van der Waals surface area (Å²) in [4.78, 5) is 111. The topological polar surface area (TPSA) is 309 Å². The molecule has 0 unspecified atom stereocenters. The van der Waals surface area contributed by atoms with Crippen molar-refractivity contribution in [2.75, 3.05) is 50.3 Å². The molecule has 3 saturated heterocycles. The molecule has 29 heteroatoms. The van der Waals surface area contributed by atoms with Gasteiger partial charge >= 0.3 is 24.0 Å². The van der Waals surface area contributed by atoms with Gasteiger partial charge in [-0.2, -0.15) is 13.2 Å². The number of non-ortho nitro benzene ring substituents is 2. The second kappa shape index (κ2) is 33.6. The van der Waals surface area contributed by atoms with Gasteiger partial charge in [0.25, 0.3) is 28.1 Å². The fourth-order valence-electron chi connectivity index (χ4n) is 12.4. The summed E-state index contributed by atoms with van der Waals surface area (Å²) < 4.78 is 59.8. The molecule has 24 nitrogen and oxygen atoms in total. The normalized spacial score (nSPS) is 14.6. The third-order valence-electron chi connectivity index (χ3n) is 17.5. The number of pyridine rings is 3.